The SMILES string of the molecule is C=CCOC(=O)N[C@H](C(=O)N[C@@H](C)C(=O)Nc1ccc(COC(=O)Nc2cc(OCc3cc(COc4cc5c(cc4OC)C(=O)N4CC(=C)C[C@H]4[C@H](OC4CCCCO4)N5C(=O)OC(C)(C)C)cc(C(=O)OC)c3)c(OC)cc2C(=O)N2CC(=C)C[C@H]2CO[Si](C)(C)C(C)(C)C)cc1)C(C)C. The fourth-order valence-electron chi connectivity index (χ4n) is 11.6. The van der Waals surface area contributed by atoms with E-state index in [2.05, 4.69) is 74.9 Å². The van der Waals surface area contributed by atoms with E-state index in [1.54, 1.807) is 86.9 Å². The minimum Gasteiger partial charge on any atom is -0.493 e. The maximum absolute atomic E-state index is 15.1. The Morgan fingerprint density at radius 2 is 1.39 bits per heavy atom. The molecule has 3 fully saturated rings. The van der Waals surface area contributed by atoms with Gasteiger partial charge in [0.2, 0.25) is 11.8 Å². The Morgan fingerprint density at radius 3 is 1.99 bits per heavy atom. The molecule has 3 saturated heterocycles. The smallest absolute Gasteiger partial charge is 0.417 e. The zero-order valence-corrected chi connectivity index (χ0v) is 61.4. The molecule has 0 bridgehead atoms. The molecule has 4 aliphatic rings. The van der Waals surface area contributed by atoms with E-state index in [0.717, 1.165) is 24.0 Å². The Morgan fingerprint density at radius 1 is 0.733 bits per heavy atom. The fourth-order valence-corrected chi connectivity index (χ4v) is 12.6. The lowest BCUT2D eigenvalue weighted by Gasteiger charge is -2.39. The third-order valence-electron chi connectivity index (χ3n) is 17.9. The minimum atomic E-state index is -2.28. The lowest BCUT2D eigenvalue weighted by molar-refractivity contribution is -0.195. The largest absolute Gasteiger partial charge is 0.493 e. The van der Waals surface area contributed by atoms with Crippen LogP contribution in [0.2, 0.25) is 18.1 Å². The molecule has 101 heavy (non-hydrogen) atoms. The van der Waals surface area contributed by atoms with Crippen LogP contribution in [0.1, 0.15) is 142 Å². The van der Waals surface area contributed by atoms with Gasteiger partial charge in [0.25, 0.3) is 11.8 Å². The van der Waals surface area contributed by atoms with Crippen molar-refractivity contribution in [1.82, 2.24) is 20.4 Å². The summed E-state index contributed by atoms with van der Waals surface area (Å²) in [6, 6.07) is 14.3. The van der Waals surface area contributed by atoms with Crippen LogP contribution < -0.4 is 45.1 Å². The number of benzene rings is 4. The summed E-state index contributed by atoms with van der Waals surface area (Å²) in [6.45, 7) is 33.3. The first kappa shape index (κ1) is 77.3. The molecule has 0 spiro atoms. The summed E-state index contributed by atoms with van der Waals surface area (Å²) in [7, 11) is 1.80. The number of fused-ring (bicyclic) bond motifs is 2. The molecular weight excluding hydrogens is 1320 g/mol. The molecule has 0 aliphatic carbocycles. The maximum Gasteiger partial charge on any atom is 0.417 e. The van der Waals surface area contributed by atoms with Crippen LogP contribution in [0.5, 0.6) is 23.0 Å². The Kier molecular flexibility index (Phi) is 25.5. The van der Waals surface area contributed by atoms with E-state index in [0.29, 0.717) is 48.2 Å². The van der Waals surface area contributed by atoms with Crippen LogP contribution in [0, 0.1) is 5.92 Å². The van der Waals surface area contributed by atoms with Crippen molar-refractivity contribution in [3.8, 4) is 23.0 Å². The van der Waals surface area contributed by atoms with Crippen molar-refractivity contribution < 1.29 is 90.2 Å². The molecule has 546 valence electrons. The molecule has 4 aromatic carbocycles. The predicted molar refractivity (Wildman–Crippen MR) is 380 cm³/mol. The number of ether oxygens (including phenoxy) is 10. The quantitative estimate of drug-likeness (QED) is 0.0196. The number of carbonyl (C=O) groups is 8. The zero-order chi connectivity index (χ0) is 73.8. The summed E-state index contributed by atoms with van der Waals surface area (Å²) >= 11 is 0. The highest BCUT2D eigenvalue weighted by Crippen LogP contribution is 2.45. The number of anilines is 3. The van der Waals surface area contributed by atoms with Crippen molar-refractivity contribution in [2.45, 2.75) is 175 Å². The number of methoxy groups -OCH3 is 3. The molecule has 6 atom stereocenters. The minimum absolute atomic E-state index is 0.00450. The monoisotopic (exact) mass is 1420 g/mol. The van der Waals surface area contributed by atoms with Gasteiger partial charge < -0.3 is 77.5 Å². The number of alkyl carbamates (subject to hydrolysis) is 1. The molecule has 0 radical (unpaired) electrons. The fraction of sp³-hybridized carbons (Fsp3) is 0.486. The van der Waals surface area contributed by atoms with Gasteiger partial charge in [-0.2, -0.15) is 0 Å². The third-order valence-corrected chi connectivity index (χ3v) is 22.4. The molecule has 4 N–H and O–H groups in total. The Labute approximate surface area is 591 Å². The molecular formula is C74H97N7O19Si. The summed E-state index contributed by atoms with van der Waals surface area (Å²) in [5.74, 6) is -2.49. The van der Waals surface area contributed by atoms with E-state index in [4.69, 9.17) is 51.8 Å². The zero-order valence-electron chi connectivity index (χ0n) is 60.4. The number of hydrogen-bond donors (Lipinski definition) is 4. The first-order chi connectivity index (χ1) is 47.7. The van der Waals surface area contributed by atoms with Crippen molar-refractivity contribution in [3.05, 3.63) is 137 Å². The lowest BCUT2D eigenvalue weighted by atomic mass is 10.0. The lowest BCUT2D eigenvalue weighted by Crippen LogP contribution is -2.54. The summed E-state index contributed by atoms with van der Waals surface area (Å²) in [5, 5.41) is 10.5. The second kappa shape index (κ2) is 33.4. The average molecular weight is 1420 g/mol. The molecule has 4 heterocycles. The number of amides is 7. The number of carbonyl (C=O) groups excluding carboxylic acids is 8. The van der Waals surface area contributed by atoms with Crippen LogP contribution in [0.15, 0.2) is 104 Å². The number of hydrogen-bond acceptors (Lipinski definition) is 19. The number of nitrogens with one attached hydrogen (secondary N) is 4. The first-order valence-corrected chi connectivity index (χ1v) is 36.6. The van der Waals surface area contributed by atoms with Crippen LogP contribution >= 0.6 is 0 Å². The normalized spacial score (nSPS) is 18.2. The summed E-state index contributed by atoms with van der Waals surface area (Å²) in [6.07, 6.45) is 0.242. The Balaban J connectivity index is 1.05. The topological polar surface area (TPSA) is 296 Å². The number of rotatable bonds is 26. The molecule has 1 unspecified atom stereocenters. The highest BCUT2D eigenvalue weighted by atomic mass is 28.4. The van der Waals surface area contributed by atoms with E-state index >= 15 is 4.79 Å². The second-order valence-corrected chi connectivity index (χ2v) is 33.1. The third kappa shape index (κ3) is 19.8. The van der Waals surface area contributed by atoms with E-state index in [1.165, 1.54) is 63.5 Å². The molecule has 4 aromatic rings. The van der Waals surface area contributed by atoms with Crippen molar-refractivity contribution in [1.29, 1.82) is 0 Å². The van der Waals surface area contributed by atoms with Gasteiger partial charge in [-0.05, 0) is 143 Å². The van der Waals surface area contributed by atoms with Gasteiger partial charge in [-0.25, -0.2) is 24.1 Å². The van der Waals surface area contributed by atoms with E-state index in [-0.39, 0.29) is 120 Å². The van der Waals surface area contributed by atoms with Gasteiger partial charge >= 0.3 is 24.2 Å². The van der Waals surface area contributed by atoms with Crippen LogP contribution in [-0.2, 0) is 62.3 Å². The molecule has 8 rings (SSSR count). The molecule has 7 amide bonds. The van der Waals surface area contributed by atoms with E-state index in [1.807, 2.05) is 0 Å². The second-order valence-electron chi connectivity index (χ2n) is 28.3. The Hall–Kier alpha value is -9.44. The summed E-state index contributed by atoms with van der Waals surface area (Å²) in [5.41, 5.74) is 2.91. The van der Waals surface area contributed by atoms with Gasteiger partial charge in [0, 0.05) is 37.5 Å². The summed E-state index contributed by atoms with van der Waals surface area (Å²) in [4.78, 5) is 115. The average Bonchev–Trinajstić information content (AvgIpc) is 1.62. The van der Waals surface area contributed by atoms with Crippen molar-refractivity contribution in [3.63, 3.8) is 0 Å². The van der Waals surface area contributed by atoms with Crippen LogP contribution in [0.3, 0.4) is 0 Å². The van der Waals surface area contributed by atoms with Crippen LogP contribution in [-0.4, -0.2) is 163 Å². The number of likely N-dealkylation sites (tertiary alicyclic amines) is 1. The first-order valence-electron chi connectivity index (χ1n) is 33.7. The number of nitrogens with zero attached hydrogens (tertiary/aromatic N) is 3. The summed E-state index contributed by atoms with van der Waals surface area (Å²) < 4.78 is 66.1. The molecule has 0 aromatic heterocycles. The predicted octanol–water partition coefficient (Wildman–Crippen LogP) is 12.0. The van der Waals surface area contributed by atoms with Crippen molar-refractivity contribution in [2.75, 3.05) is 69.8 Å². The molecule has 0 saturated carbocycles. The number of esters is 1. The van der Waals surface area contributed by atoms with Gasteiger partial charge in [-0.3, -0.25) is 24.5 Å². The van der Waals surface area contributed by atoms with Crippen LogP contribution in [0.4, 0.5) is 31.4 Å². The molecule has 4 aliphatic heterocycles. The van der Waals surface area contributed by atoms with Gasteiger partial charge in [0.15, 0.2) is 43.8 Å². The maximum atomic E-state index is 15.1. The highest BCUT2D eigenvalue weighted by Gasteiger charge is 2.50. The van der Waals surface area contributed by atoms with E-state index in [9.17, 15) is 33.6 Å². The molecule has 27 heteroatoms. The van der Waals surface area contributed by atoms with Gasteiger partial charge in [0.1, 0.15) is 44.1 Å². The standard InChI is InChI=1S/C74H97N7O19Si/c1-18-26-94-71(88)78-63(43(2)3)65(83)75-46(6)64(82)76-51-24-22-47(23-25-51)39-97-70(87)77-55-35-60(58(90-13)33-53(55)66(84)79-37-44(4)28-52(79)42-98-101(16,17)74(10,11)12)95-40-48-30-49(32-50(31-48)69(86)92-15)41-96-61-36-56-54(34-59(61)91-14)67(85)80-38-45(5)29-57(80)68(99-62-21-19-20-27-93-62)81(56)72(89)100-73(7,8)9/h18,22-25,30-36,43,46,52,57,62-63,68H,1,4-5,19-21,26-29,37-42H2,2-3,6-17H3,(H,75,83)(H,76,82)(H,77,87)(H,78,88)/t46-,52-,57-,62?,63-,68-/m0/s1. The van der Waals surface area contributed by atoms with Gasteiger partial charge in [-0.1, -0.05) is 83.7 Å². The van der Waals surface area contributed by atoms with Crippen LogP contribution in [0.25, 0.3) is 0 Å². The van der Waals surface area contributed by atoms with E-state index < -0.39 is 86.5 Å². The molecule has 26 nitrogen and oxygen atoms in total. The highest BCUT2D eigenvalue weighted by molar-refractivity contribution is 6.74. The Bertz CT molecular complexity index is 3760. The van der Waals surface area contributed by atoms with Gasteiger partial charge in [0.05, 0.1) is 68.1 Å². The van der Waals surface area contributed by atoms with Gasteiger partial charge in [-0.15, -0.1) is 0 Å². The van der Waals surface area contributed by atoms with Crippen molar-refractivity contribution >= 4 is 73.3 Å². The van der Waals surface area contributed by atoms with Crippen molar-refractivity contribution in [2.24, 2.45) is 5.92 Å².